The highest BCUT2D eigenvalue weighted by atomic mass is 32.2. The lowest BCUT2D eigenvalue weighted by atomic mass is 10.1. The van der Waals surface area contributed by atoms with Gasteiger partial charge in [-0.1, -0.05) is 29.3 Å². The molecule has 0 fully saturated rings. The van der Waals surface area contributed by atoms with Crippen molar-refractivity contribution in [1.29, 1.82) is 0 Å². The quantitative estimate of drug-likeness (QED) is 0.0662. The van der Waals surface area contributed by atoms with Gasteiger partial charge in [-0.25, -0.2) is 5.26 Å². The van der Waals surface area contributed by atoms with Gasteiger partial charge in [-0.15, -0.1) is 9.45 Å². The second kappa shape index (κ2) is 10.3. The number of rotatable bonds is 8. The van der Waals surface area contributed by atoms with Gasteiger partial charge in [0, 0.05) is 5.39 Å². The van der Waals surface area contributed by atoms with Gasteiger partial charge in [-0.05, 0) is 36.8 Å². The summed E-state index contributed by atoms with van der Waals surface area (Å²) in [6.07, 6.45) is 3.05. The predicted molar refractivity (Wildman–Crippen MR) is 126 cm³/mol. The van der Waals surface area contributed by atoms with Crippen LogP contribution in [0.5, 0.6) is 5.75 Å². The number of nitrogens with zero attached hydrogens (tertiary/aromatic N) is 2. The Kier molecular flexibility index (Phi) is 7.77. The van der Waals surface area contributed by atoms with Crippen molar-refractivity contribution in [2.75, 3.05) is 5.73 Å². The van der Waals surface area contributed by atoms with E-state index in [1.807, 2.05) is 0 Å². The molecule has 0 saturated carbocycles. The number of phenolic OH excluding ortho intramolecular Hbond substituents is 1. The molecule has 3 aromatic carbocycles. The zero-order valence-corrected chi connectivity index (χ0v) is 20.0. The number of phenols is 1. The molecule has 0 aromatic heterocycles. The first kappa shape index (κ1) is 26.5. The van der Waals surface area contributed by atoms with Crippen molar-refractivity contribution in [3.8, 4) is 5.75 Å². The molecule has 0 atom stereocenters. The minimum Gasteiger partial charge on any atom is -0.505 e. The molecule has 0 aliphatic rings. The molecule has 0 amide bonds. The van der Waals surface area contributed by atoms with Crippen molar-refractivity contribution in [2.24, 2.45) is 10.2 Å². The van der Waals surface area contributed by atoms with Crippen molar-refractivity contribution in [3.63, 3.8) is 0 Å². The minimum absolute atomic E-state index is 0.00905. The number of benzene rings is 3. The maximum Gasteiger partial charge on any atom is 0.295 e. The van der Waals surface area contributed by atoms with E-state index in [9.17, 15) is 31.0 Å². The average molecular weight is 544 g/mol. The van der Waals surface area contributed by atoms with Gasteiger partial charge in [0.2, 0.25) is 0 Å². The van der Waals surface area contributed by atoms with Gasteiger partial charge in [-0.2, -0.15) is 21.9 Å². The molecule has 0 aliphatic heterocycles. The smallest absolute Gasteiger partial charge is 0.295 e. The third-order valence-electron chi connectivity index (χ3n) is 4.55. The molecule has 0 unspecified atom stereocenters. The maximum absolute atomic E-state index is 11.9. The van der Waals surface area contributed by atoms with Crippen LogP contribution in [0.2, 0.25) is 0 Å². The molecule has 35 heavy (non-hydrogen) atoms. The third kappa shape index (κ3) is 5.77. The van der Waals surface area contributed by atoms with Crippen LogP contribution in [-0.2, 0) is 29.6 Å². The maximum atomic E-state index is 11.9. The summed E-state index contributed by atoms with van der Waals surface area (Å²) in [7, 11) is -9.36. The van der Waals surface area contributed by atoms with E-state index in [1.54, 1.807) is 13.0 Å². The van der Waals surface area contributed by atoms with E-state index < -0.39 is 35.8 Å². The van der Waals surface area contributed by atoms with Gasteiger partial charge in [0.15, 0.2) is 5.75 Å². The molecule has 0 spiro atoms. The normalized spacial score (nSPS) is 12.8. The summed E-state index contributed by atoms with van der Waals surface area (Å²) < 4.78 is 70.5. The first-order valence-corrected chi connectivity index (χ1v) is 12.9. The van der Waals surface area contributed by atoms with Gasteiger partial charge >= 0.3 is 0 Å². The monoisotopic (exact) mass is 543 g/mol. The molecule has 0 bridgehead atoms. The highest BCUT2D eigenvalue weighted by Gasteiger charge is 2.23. The second-order valence-electron chi connectivity index (χ2n) is 6.74. The molecule has 3 rings (SSSR count). The van der Waals surface area contributed by atoms with E-state index in [-0.39, 0.29) is 38.3 Å². The molecule has 6 N–H and O–H groups in total. The fraction of sp³-hybridized carbons (Fsp3) is 0.0526. The standard InChI is InChI=1S/C19H17N3O10S3/c1-2-3-10-4-5-11(8-15(10)34(25,26)27)21-22-13-7-6-12-16(35(28,29)30)9-14(33-32-31-24)18(20)17(12)19(13)23/h2-9,23-24H,20H2,1H3,(H,25,26,27)(H,28,29,30). The lowest BCUT2D eigenvalue weighted by Gasteiger charge is -2.13. The number of hydrogen-bond donors (Lipinski definition) is 5. The Labute approximate surface area is 203 Å². The number of fused-ring (bicyclic) bond motifs is 1. The van der Waals surface area contributed by atoms with Crippen LogP contribution >= 0.6 is 12.0 Å². The van der Waals surface area contributed by atoms with Crippen LogP contribution in [0.15, 0.2) is 67.4 Å². The molecular formula is C19H17N3O10S3. The van der Waals surface area contributed by atoms with Crippen LogP contribution < -0.4 is 5.73 Å². The van der Waals surface area contributed by atoms with Crippen molar-refractivity contribution in [2.45, 2.75) is 21.6 Å². The number of anilines is 1. The molecule has 13 nitrogen and oxygen atoms in total. The van der Waals surface area contributed by atoms with Gasteiger partial charge in [0.1, 0.15) is 15.5 Å². The van der Waals surface area contributed by atoms with E-state index in [2.05, 4.69) is 19.6 Å². The molecule has 16 heteroatoms. The Hall–Kier alpha value is -3.09. The molecule has 0 heterocycles. The molecular weight excluding hydrogens is 526 g/mol. The van der Waals surface area contributed by atoms with Crippen molar-refractivity contribution in [1.82, 2.24) is 0 Å². The van der Waals surface area contributed by atoms with Crippen molar-refractivity contribution < 1.29 is 45.7 Å². The first-order chi connectivity index (χ1) is 16.4. The second-order valence-corrected chi connectivity index (χ2v) is 10.3. The van der Waals surface area contributed by atoms with E-state index in [0.717, 1.165) is 12.1 Å². The average Bonchev–Trinajstić information content (AvgIpc) is 2.77. The zero-order chi connectivity index (χ0) is 26.0. The lowest BCUT2D eigenvalue weighted by molar-refractivity contribution is -0.432. The van der Waals surface area contributed by atoms with Crippen LogP contribution in [-0.4, -0.2) is 36.3 Å². The van der Waals surface area contributed by atoms with Gasteiger partial charge < -0.3 is 10.8 Å². The van der Waals surface area contributed by atoms with E-state index in [4.69, 9.17) is 11.0 Å². The van der Waals surface area contributed by atoms with Gasteiger partial charge in [0.05, 0.1) is 33.7 Å². The summed E-state index contributed by atoms with van der Waals surface area (Å²) in [5, 5.41) is 29.9. The largest absolute Gasteiger partial charge is 0.505 e. The zero-order valence-electron chi connectivity index (χ0n) is 17.6. The summed E-state index contributed by atoms with van der Waals surface area (Å²) in [6.45, 7) is 1.66. The topological polar surface area (TPSA) is 218 Å². The van der Waals surface area contributed by atoms with E-state index >= 15 is 0 Å². The summed E-state index contributed by atoms with van der Waals surface area (Å²) in [5.74, 6) is -0.624. The fourth-order valence-corrected chi connectivity index (χ4v) is 5.06. The summed E-state index contributed by atoms with van der Waals surface area (Å²) >= 11 is 0.302. The van der Waals surface area contributed by atoms with Crippen LogP contribution in [0.1, 0.15) is 12.5 Å². The van der Waals surface area contributed by atoms with E-state index in [1.165, 1.54) is 30.3 Å². The number of nitrogens with two attached hydrogens (primary N) is 1. The molecule has 3 aromatic rings. The highest BCUT2D eigenvalue weighted by Crippen LogP contribution is 2.45. The Morgan fingerprint density at radius 2 is 1.69 bits per heavy atom. The molecule has 0 radical (unpaired) electrons. The van der Waals surface area contributed by atoms with Crippen molar-refractivity contribution in [3.05, 3.63) is 48.0 Å². The third-order valence-corrected chi connectivity index (χ3v) is 6.99. The van der Waals surface area contributed by atoms with Gasteiger partial charge in [0.25, 0.3) is 20.2 Å². The molecule has 186 valence electrons. The number of hydrogen-bond acceptors (Lipinski definition) is 12. The first-order valence-electron chi connectivity index (χ1n) is 9.25. The Morgan fingerprint density at radius 1 is 1.00 bits per heavy atom. The number of allylic oxidation sites excluding steroid dienone is 1. The highest BCUT2D eigenvalue weighted by molar-refractivity contribution is 7.94. The van der Waals surface area contributed by atoms with Crippen LogP contribution in [0.25, 0.3) is 16.8 Å². The minimum atomic E-state index is -4.79. The summed E-state index contributed by atoms with van der Waals surface area (Å²) in [6, 6.07) is 7.21. The number of aromatic hydroxyl groups is 1. The molecule has 0 aliphatic carbocycles. The van der Waals surface area contributed by atoms with Crippen LogP contribution in [0.3, 0.4) is 0 Å². The lowest BCUT2D eigenvalue weighted by Crippen LogP contribution is -2.02. The Bertz CT molecular complexity index is 1570. The van der Waals surface area contributed by atoms with Gasteiger partial charge in [-0.3, -0.25) is 9.11 Å². The van der Waals surface area contributed by atoms with E-state index in [0.29, 0.717) is 12.0 Å². The molecule has 0 saturated heterocycles. The Balaban J connectivity index is 2.18. The SMILES string of the molecule is CC=Cc1ccc(N=Nc2ccc3c(S(=O)(=O)O)cc(SOOO)c(N)c3c2O)cc1S(=O)(=O)O. The number of nitrogen functional groups attached to an aromatic ring is 1. The predicted octanol–water partition coefficient (Wildman–Crippen LogP) is 4.50. The Morgan fingerprint density at radius 3 is 2.29 bits per heavy atom. The van der Waals surface area contributed by atoms with Crippen molar-refractivity contribution >= 4 is 66.2 Å². The summed E-state index contributed by atoms with van der Waals surface area (Å²) in [4.78, 5) is -1.17. The summed E-state index contributed by atoms with van der Waals surface area (Å²) in [5.41, 5.74) is 5.84. The fourth-order valence-electron chi connectivity index (χ4n) is 3.11. The van der Waals surface area contributed by atoms with Crippen LogP contribution in [0, 0.1) is 0 Å². The van der Waals surface area contributed by atoms with Crippen LogP contribution in [0.4, 0.5) is 17.1 Å². The number of azo groups is 1.